The summed E-state index contributed by atoms with van der Waals surface area (Å²) < 4.78 is 58.3. The maximum Gasteiger partial charge on any atom is 0.187 e. The minimum absolute atomic E-state index is 0.108. The van der Waals surface area contributed by atoms with Crippen LogP contribution in [0.1, 0.15) is 22.3 Å². The Hall–Kier alpha value is -3.37. The highest BCUT2D eigenvalue weighted by molar-refractivity contribution is 7.91. The van der Waals surface area contributed by atoms with Crippen LogP contribution in [0, 0.1) is 0 Å². The second-order valence-corrected chi connectivity index (χ2v) is 12.8. The van der Waals surface area contributed by atoms with E-state index in [-0.39, 0.29) is 26.4 Å². The van der Waals surface area contributed by atoms with Crippen LogP contribution in [0.3, 0.4) is 0 Å². The SMILES string of the molecule is CS(=O)(=O)[C@H]1O[C@H](COCc2ccccc2)[C@@H](OCc2ccccc2)[C@H](OCc2ccccc2)[C@H]1OCc1ccccc1. The molecule has 5 atom stereocenters. The molecule has 5 rings (SSSR count). The zero-order chi connectivity index (χ0) is 29.9. The molecule has 0 amide bonds. The third-order valence-corrected chi connectivity index (χ3v) is 8.49. The van der Waals surface area contributed by atoms with E-state index in [1.54, 1.807) is 0 Å². The third-order valence-electron chi connectivity index (χ3n) is 7.26. The molecule has 226 valence electrons. The van der Waals surface area contributed by atoms with Crippen LogP contribution in [0.15, 0.2) is 121 Å². The van der Waals surface area contributed by atoms with E-state index in [2.05, 4.69) is 0 Å². The molecule has 0 spiro atoms. The zero-order valence-electron chi connectivity index (χ0n) is 24.2. The molecular weight excluding hydrogens is 564 g/mol. The van der Waals surface area contributed by atoms with E-state index < -0.39 is 39.7 Å². The molecule has 1 aliphatic heterocycles. The fourth-order valence-corrected chi connectivity index (χ4v) is 6.16. The molecule has 1 fully saturated rings. The Morgan fingerprint density at radius 2 is 0.907 bits per heavy atom. The van der Waals surface area contributed by atoms with Crippen molar-refractivity contribution in [1.82, 2.24) is 0 Å². The van der Waals surface area contributed by atoms with Gasteiger partial charge in [-0.1, -0.05) is 121 Å². The smallest absolute Gasteiger partial charge is 0.187 e. The second-order valence-electron chi connectivity index (χ2n) is 10.7. The topological polar surface area (TPSA) is 80.3 Å². The average Bonchev–Trinajstić information content (AvgIpc) is 3.03. The molecule has 1 saturated heterocycles. The van der Waals surface area contributed by atoms with E-state index in [0.717, 1.165) is 28.5 Å². The van der Waals surface area contributed by atoms with Gasteiger partial charge in [0.05, 0.1) is 33.0 Å². The molecule has 0 aliphatic carbocycles. The average molecular weight is 603 g/mol. The highest BCUT2D eigenvalue weighted by Crippen LogP contribution is 2.33. The molecule has 0 N–H and O–H groups in total. The van der Waals surface area contributed by atoms with Gasteiger partial charge in [0.1, 0.15) is 24.4 Å². The Bertz CT molecular complexity index is 1470. The van der Waals surface area contributed by atoms with Gasteiger partial charge < -0.3 is 23.7 Å². The van der Waals surface area contributed by atoms with Gasteiger partial charge in [0.2, 0.25) is 0 Å². The molecule has 0 unspecified atom stereocenters. The van der Waals surface area contributed by atoms with Gasteiger partial charge >= 0.3 is 0 Å². The molecule has 1 aliphatic rings. The van der Waals surface area contributed by atoms with Crippen LogP contribution in [-0.4, -0.2) is 51.1 Å². The Labute approximate surface area is 254 Å². The van der Waals surface area contributed by atoms with Crippen molar-refractivity contribution in [3.63, 3.8) is 0 Å². The maximum atomic E-state index is 13.2. The Morgan fingerprint density at radius 1 is 0.535 bits per heavy atom. The lowest BCUT2D eigenvalue weighted by Gasteiger charge is -2.45. The number of hydrogen-bond acceptors (Lipinski definition) is 7. The fraction of sp³-hybridized carbons (Fsp3) is 0.314. The lowest BCUT2D eigenvalue weighted by Crippen LogP contribution is -2.62. The van der Waals surface area contributed by atoms with Gasteiger partial charge in [0, 0.05) is 6.26 Å². The van der Waals surface area contributed by atoms with Crippen molar-refractivity contribution >= 4 is 9.84 Å². The van der Waals surface area contributed by atoms with Crippen molar-refractivity contribution < 1.29 is 32.1 Å². The van der Waals surface area contributed by atoms with Gasteiger partial charge in [-0.05, 0) is 22.3 Å². The molecule has 0 aromatic heterocycles. The van der Waals surface area contributed by atoms with Crippen LogP contribution >= 0.6 is 0 Å². The third kappa shape index (κ3) is 9.06. The quantitative estimate of drug-likeness (QED) is 0.182. The Morgan fingerprint density at radius 3 is 1.33 bits per heavy atom. The van der Waals surface area contributed by atoms with Crippen LogP contribution in [-0.2, 0) is 59.9 Å². The van der Waals surface area contributed by atoms with E-state index in [1.165, 1.54) is 0 Å². The molecule has 0 bridgehead atoms. The van der Waals surface area contributed by atoms with Gasteiger partial charge in [-0.3, -0.25) is 0 Å². The highest BCUT2D eigenvalue weighted by Gasteiger charge is 2.52. The van der Waals surface area contributed by atoms with Crippen molar-refractivity contribution in [3.05, 3.63) is 144 Å². The minimum atomic E-state index is -3.73. The summed E-state index contributed by atoms with van der Waals surface area (Å²) in [5, 5.41) is 0. The van der Waals surface area contributed by atoms with Crippen LogP contribution < -0.4 is 0 Å². The van der Waals surface area contributed by atoms with Crippen LogP contribution in [0.4, 0.5) is 0 Å². The van der Waals surface area contributed by atoms with Gasteiger partial charge in [0.25, 0.3) is 0 Å². The predicted molar refractivity (Wildman–Crippen MR) is 165 cm³/mol. The number of rotatable bonds is 14. The largest absolute Gasteiger partial charge is 0.374 e. The fourth-order valence-electron chi connectivity index (χ4n) is 5.09. The molecular formula is C35H38O7S. The normalized spacial score (nSPS) is 22.3. The van der Waals surface area contributed by atoms with Crippen LogP contribution in [0.2, 0.25) is 0 Å². The second kappa shape index (κ2) is 15.4. The van der Waals surface area contributed by atoms with Crippen molar-refractivity contribution in [2.24, 2.45) is 0 Å². The zero-order valence-corrected chi connectivity index (χ0v) is 25.1. The molecule has 0 saturated carbocycles. The van der Waals surface area contributed by atoms with E-state index in [4.69, 9.17) is 23.7 Å². The molecule has 4 aromatic carbocycles. The summed E-state index contributed by atoms with van der Waals surface area (Å²) in [6, 6.07) is 39.0. The summed E-state index contributed by atoms with van der Waals surface area (Å²) in [7, 11) is -3.73. The van der Waals surface area contributed by atoms with Crippen molar-refractivity contribution in [1.29, 1.82) is 0 Å². The molecule has 7 nitrogen and oxygen atoms in total. The number of sulfone groups is 1. The summed E-state index contributed by atoms with van der Waals surface area (Å²) in [6.45, 7) is 1.17. The van der Waals surface area contributed by atoms with E-state index in [9.17, 15) is 8.42 Å². The van der Waals surface area contributed by atoms with Crippen molar-refractivity contribution in [2.75, 3.05) is 12.9 Å². The first-order valence-corrected chi connectivity index (χ1v) is 16.4. The van der Waals surface area contributed by atoms with Crippen LogP contribution in [0.5, 0.6) is 0 Å². The number of benzene rings is 4. The summed E-state index contributed by atoms with van der Waals surface area (Å²) in [5.74, 6) is 0. The van der Waals surface area contributed by atoms with Gasteiger partial charge in [0.15, 0.2) is 15.3 Å². The van der Waals surface area contributed by atoms with E-state index in [0.29, 0.717) is 6.61 Å². The molecule has 4 aromatic rings. The van der Waals surface area contributed by atoms with E-state index in [1.807, 2.05) is 121 Å². The lowest BCUT2D eigenvalue weighted by atomic mass is 9.98. The van der Waals surface area contributed by atoms with Gasteiger partial charge in [-0.15, -0.1) is 0 Å². The van der Waals surface area contributed by atoms with Crippen molar-refractivity contribution in [2.45, 2.75) is 56.3 Å². The lowest BCUT2D eigenvalue weighted by molar-refractivity contribution is -0.256. The Balaban J connectivity index is 1.45. The van der Waals surface area contributed by atoms with Gasteiger partial charge in [-0.25, -0.2) is 8.42 Å². The number of ether oxygens (including phenoxy) is 5. The number of hydrogen-bond donors (Lipinski definition) is 0. The molecule has 0 radical (unpaired) electrons. The minimum Gasteiger partial charge on any atom is -0.374 e. The first-order valence-electron chi connectivity index (χ1n) is 14.4. The summed E-state index contributed by atoms with van der Waals surface area (Å²) in [5.41, 5.74) is 2.55. The predicted octanol–water partition coefficient (Wildman–Crippen LogP) is 5.73. The summed E-state index contributed by atoms with van der Waals surface area (Å²) >= 11 is 0. The molecule has 8 heteroatoms. The highest BCUT2D eigenvalue weighted by atomic mass is 32.2. The van der Waals surface area contributed by atoms with Crippen molar-refractivity contribution in [3.8, 4) is 0 Å². The first-order chi connectivity index (χ1) is 21.0. The first kappa shape index (κ1) is 31.1. The van der Waals surface area contributed by atoms with Gasteiger partial charge in [-0.2, -0.15) is 0 Å². The Kier molecular flexibility index (Phi) is 11.1. The van der Waals surface area contributed by atoms with E-state index >= 15 is 0 Å². The standard InChI is InChI=1S/C35H38O7S/c1-43(36,37)35-34(41-25-30-20-12-5-13-21-30)33(40-24-29-18-10-4-11-19-29)32(39-23-28-16-8-3-9-17-28)31(42-35)26-38-22-27-14-6-2-7-15-27/h2-21,31-35H,22-26H2,1H3/t31-,32-,33+,34-,35-/m1/s1. The summed E-state index contributed by atoms with van der Waals surface area (Å²) in [6.07, 6.45) is -1.97. The monoisotopic (exact) mass is 602 g/mol. The maximum absolute atomic E-state index is 13.2. The molecule has 43 heavy (non-hydrogen) atoms. The summed E-state index contributed by atoms with van der Waals surface area (Å²) in [4.78, 5) is 0. The van der Waals surface area contributed by atoms with Crippen LogP contribution in [0.25, 0.3) is 0 Å². The molecule has 1 heterocycles.